The predicted molar refractivity (Wildman–Crippen MR) is 78.1 cm³/mol. The van der Waals surface area contributed by atoms with Crippen LogP contribution in [0.5, 0.6) is 0 Å². The van der Waals surface area contributed by atoms with Gasteiger partial charge in [-0.1, -0.05) is 12.1 Å². The Hall–Kier alpha value is -1.72. The quantitative estimate of drug-likeness (QED) is 0.940. The molecule has 21 heavy (non-hydrogen) atoms. The molecule has 5 heteroatoms. The summed E-state index contributed by atoms with van der Waals surface area (Å²) in [6, 6.07) is 6.39. The zero-order valence-corrected chi connectivity index (χ0v) is 12.1. The summed E-state index contributed by atoms with van der Waals surface area (Å²) in [7, 11) is 1.91. The minimum absolute atomic E-state index is 0.277. The smallest absolute Gasteiger partial charge is 0.123 e. The molecule has 112 valence electrons. The molecule has 2 heterocycles. The molecule has 0 bridgehead atoms. The van der Waals surface area contributed by atoms with Crippen molar-refractivity contribution in [1.82, 2.24) is 14.7 Å². The van der Waals surface area contributed by atoms with Gasteiger partial charge in [0.1, 0.15) is 5.82 Å². The molecule has 1 saturated heterocycles. The number of hydrogen-bond donors (Lipinski definition) is 1. The van der Waals surface area contributed by atoms with Crippen molar-refractivity contribution in [2.75, 3.05) is 13.1 Å². The first-order valence-electron chi connectivity index (χ1n) is 7.29. The van der Waals surface area contributed by atoms with Crippen LogP contribution in [0.2, 0.25) is 0 Å². The van der Waals surface area contributed by atoms with Gasteiger partial charge in [0.25, 0.3) is 0 Å². The molecule has 4 nitrogen and oxygen atoms in total. The Labute approximate surface area is 123 Å². The van der Waals surface area contributed by atoms with Gasteiger partial charge in [-0.05, 0) is 37.1 Å². The summed E-state index contributed by atoms with van der Waals surface area (Å²) in [4.78, 5) is 2.28. The van der Waals surface area contributed by atoms with Crippen molar-refractivity contribution >= 4 is 0 Å². The van der Waals surface area contributed by atoms with E-state index in [4.69, 9.17) is 0 Å². The van der Waals surface area contributed by atoms with Gasteiger partial charge >= 0.3 is 0 Å². The van der Waals surface area contributed by atoms with Gasteiger partial charge in [-0.3, -0.25) is 9.58 Å². The highest BCUT2D eigenvalue weighted by Gasteiger charge is 2.28. The van der Waals surface area contributed by atoms with Gasteiger partial charge in [0.2, 0.25) is 0 Å². The van der Waals surface area contributed by atoms with E-state index in [1.54, 1.807) is 12.1 Å². The minimum atomic E-state index is -0.595. The number of halogens is 1. The van der Waals surface area contributed by atoms with Crippen molar-refractivity contribution < 1.29 is 9.50 Å². The lowest BCUT2D eigenvalue weighted by Gasteiger charge is -2.26. The van der Waals surface area contributed by atoms with E-state index in [0.717, 1.165) is 24.9 Å². The van der Waals surface area contributed by atoms with Gasteiger partial charge in [0, 0.05) is 31.4 Å². The summed E-state index contributed by atoms with van der Waals surface area (Å²) in [6.07, 6.45) is 5.54. The van der Waals surface area contributed by atoms with Crippen LogP contribution in [0, 0.1) is 5.82 Å². The Bertz CT molecular complexity index is 596. The lowest BCUT2D eigenvalue weighted by Crippen LogP contribution is -2.28. The van der Waals surface area contributed by atoms with E-state index >= 15 is 0 Å². The third kappa shape index (κ3) is 3.14. The maximum atomic E-state index is 12.9. The molecule has 0 spiro atoms. The fourth-order valence-electron chi connectivity index (χ4n) is 3.05. The Morgan fingerprint density at radius 2 is 2.14 bits per heavy atom. The first-order chi connectivity index (χ1) is 10.1. The number of aliphatic hydroxyl groups is 1. The normalized spacial score (nSPS) is 20.8. The van der Waals surface area contributed by atoms with E-state index in [1.807, 2.05) is 24.1 Å². The van der Waals surface area contributed by atoms with Crippen LogP contribution in [0.25, 0.3) is 0 Å². The maximum absolute atomic E-state index is 12.9. The van der Waals surface area contributed by atoms with Crippen LogP contribution in [-0.4, -0.2) is 32.9 Å². The summed E-state index contributed by atoms with van der Waals surface area (Å²) < 4.78 is 14.7. The van der Waals surface area contributed by atoms with Gasteiger partial charge in [0.15, 0.2) is 0 Å². The van der Waals surface area contributed by atoms with Gasteiger partial charge in [-0.2, -0.15) is 5.10 Å². The molecule has 1 N–H and O–H groups in total. The average molecular weight is 289 g/mol. The molecule has 0 aliphatic carbocycles. The summed E-state index contributed by atoms with van der Waals surface area (Å²) in [5, 5.41) is 14.6. The molecule has 2 atom stereocenters. The summed E-state index contributed by atoms with van der Waals surface area (Å²) in [5.74, 6) is -0.277. The van der Waals surface area contributed by atoms with Crippen molar-refractivity contribution in [1.29, 1.82) is 0 Å². The average Bonchev–Trinajstić information content (AvgIpc) is 3.08. The van der Waals surface area contributed by atoms with Crippen molar-refractivity contribution in [3.63, 3.8) is 0 Å². The number of likely N-dealkylation sites (tertiary alicyclic amines) is 1. The van der Waals surface area contributed by atoms with Crippen molar-refractivity contribution in [2.45, 2.75) is 25.0 Å². The van der Waals surface area contributed by atoms with Crippen LogP contribution < -0.4 is 0 Å². The molecule has 0 unspecified atom stereocenters. The molecule has 0 radical (unpaired) electrons. The molecular formula is C16H20FN3O. The summed E-state index contributed by atoms with van der Waals surface area (Å²) in [5.41, 5.74) is 1.95. The van der Waals surface area contributed by atoms with E-state index in [1.165, 1.54) is 17.7 Å². The van der Waals surface area contributed by atoms with Crippen molar-refractivity contribution in [3.05, 3.63) is 53.6 Å². The van der Waals surface area contributed by atoms with Crippen LogP contribution in [0.15, 0.2) is 36.7 Å². The van der Waals surface area contributed by atoms with Crippen LogP contribution in [0.1, 0.15) is 36.1 Å². The first kappa shape index (κ1) is 14.2. The fourth-order valence-corrected chi connectivity index (χ4v) is 3.05. The van der Waals surface area contributed by atoms with Crippen molar-refractivity contribution in [3.8, 4) is 0 Å². The van der Waals surface area contributed by atoms with E-state index in [-0.39, 0.29) is 5.82 Å². The molecule has 0 amide bonds. The van der Waals surface area contributed by atoms with Gasteiger partial charge in [-0.25, -0.2) is 4.39 Å². The van der Waals surface area contributed by atoms with E-state index in [0.29, 0.717) is 12.6 Å². The number of rotatable bonds is 4. The zero-order chi connectivity index (χ0) is 14.8. The summed E-state index contributed by atoms with van der Waals surface area (Å²) in [6.45, 7) is 1.53. The number of nitrogens with zero attached hydrogens (tertiary/aromatic N) is 3. The SMILES string of the molecule is Cn1cc([C@@H]2CCCN2C[C@H](O)c2ccc(F)cc2)cn1. The number of aromatic nitrogens is 2. The third-order valence-corrected chi connectivity index (χ3v) is 4.14. The highest BCUT2D eigenvalue weighted by Crippen LogP contribution is 2.33. The Morgan fingerprint density at radius 3 is 2.81 bits per heavy atom. The van der Waals surface area contributed by atoms with E-state index < -0.39 is 6.10 Å². The van der Waals surface area contributed by atoms with Gasteiger partial charge in [-0.15, -0.1) is 0 Å². The van der Waals surface area contributed by atoms with Crippen LogP contribution in [0.3, 0.4) is 0 Å². The van der Waals surface area contributed by atoms with Crippen LogP contribution in [0.4, 0.5) is 4.39 Å². The minimum Gasteiger partial charge on any atom is -0.387 e. The highest BCUT2D eigenvalue weighted by atomic mass is 19.1. The second-order valence-electron chi connectivity index (χ2n) is 5.67. The molecule has 3 rings (SSSR count). The highest BCUT2D eigenvalue weighted by molar-refractivity contribution is 5.19. The van der Waals surface area contributed by atoms with E-state index in [2.05, 4.69) is 10.00 Å². The molecule has 1 aromatic heterocycles. The zero-order valence-electron chi connectivity index (χ0n) is 12.1. The van der Waals surface area contributed by atoms with E-state index in [9.17, 15) is 9.50 Å². The van der Waals surface area contributed by atoms with Gasteiger partial charge < -0.3 is 5.11 Å². The van der Waals surface area contributed by atoms with Crippen LogP contribution in [-0.2, 0) is 7.05 Å². The van der Waals surface area contributed by atoms with Crippen LogP contribution >= 0.6 is 0 Å². The third-order valence-electron chi connectivity index (χ3n) is 4.14. The number of hydrogen-bond acceptors (Lipinski definition) is 3. The number of aliphatic hydroxyl groups excluding tert-OH is 1. The molecule has 1 aliphatic rings. The van der Waals surface area contributed by atoms with Crippen molar-refractivity contribution in [2.24, 2.45) is 7.05 Å². The topological polar surface area (TPSA) is 41.3 Å². The molecule has 1 aliphatic heterocycles. The Balaban J connectivity index is 1.69. The number of benzene rings is 1. The number of aryl methyl sites for hydroxylation is 1. The standard InChI is InChI=1S/C16H20FN3O/c1-19-10-13(9-18-19)15-3-2-8-20(15)11-16(21)12-4-6-14(17)7-5-12/h4-7,9-10,15-16,21H,2-3,8,11H2,1H3/t15-,16-/m0/s1. The largest absolute Gasteiger partial charge is 0.387 e. The summed E-state index contributed by atoms with van der Waals surface area (Å²) >= 11 is 0. The lowest BCUT2D eigenvalue weighted by atomic mass is 10.1. The molecule has 0 saturated carbocycles. The molecular weight excluding hydrogens is 269 g/mol. The second-order valence-corrected chi connectivity index (χ2v) is 5.67. The predicted octanol–water partition coefficient (Wildman–Crippen LogP) is 2.43. The monoisotopic (exact) mass is 289 g/mol. The Kier molecular flexibility index (Phi) is 4.03. The Morgan fingerprint density at radius 1 is 1.38 bits per heavy atom. The first-order valence-corrected chi connectivity index (χ1v) is 7.29. The molecule has 1 fully saturated rings. The van der Waals surface area contributed by atoms with Gasteiger partial charge in [0.05, 0.1) is 12.3 Å². The number of β-amino-alcohol motifs (C(OH)–C–C–N with tert-alkyl or cyclic N) is 1. The lowest BCUT2D eigenvalue weighted by molar-refractivity contribution is 0.106. The maximum Gasteiger partial charge on any atom is 0.123 e. The second kappa shape index (κ2) is 5.95. The molecule has 1 aromatic carbocycles. The molecule has 2 aromatic rings. The fraction of sp³-hybridized carbons (Fsp3) is 0.438.